The Hall–Kier alpha value is -1.26. The van der Waals surface area contributed by atoms with Gasteiger partial charge in [-0.2, -0.15) is 0 Å². The van der Waals surface area contributed by atoms with E-state index in [0.29, 0.717) is 9.75 Å². The van der Waals surface area contributed by atoms with Gasteiger partial charge in [-0.25, -0.2) is 8.78 Å². The lowest BCUT2D eigenvalue weighted by molar-refractivity contribution is 0.303. The molecule has 90 valence electrons. The Labute approximate surface area is 112 Å². The molecule has 0 spiro atoms. The molecule has 0 fully saturated rings. The van der Waals surface area contributed by atoms with Crippen LogP contribution in [0.3, 0.4) is 0 Å². The van der Waals surface area contributed by atoms with E-state index in [1.165, 1.54) is 29.1 Å². The molecule has 0 amide bonds. The highest BCUT2D eigenvalue weighted by Crippen LogP contribution is 2.48. The van der Waals surface area contributed by atoms with Crippen LogP contribution in [0.2, 0.25) is 0 Å². The minimum atomic E-state index is -1.78. The summed E-state index contributed by atoms with van der Waals surface area (Å²) < 4.78 is 28.5. The molecule has 2 aromatic rings. The van der Waals surface area contributed by atoms with Crippen molar-refractivity contribution in [1.82, 2.24) is 0 Å². The van der Waals surface area contributed by atoms with Gasteiger partial charge in [0.05, 0.1) is 0 Å². The first kappa shape index (κ1) is 11.8. The predicted molar refractivity (Wildman–Crippen MR) is 71.6 cm³/mol. The number of allylic oxidation sites excluding steroid dienone is 4. The number of rotatable bonds is 2. The smallest absolute Gasteiger partial charge is 0.179 e. The minimum Gasteiger partial charge on any atom is -0.232 e. The Balaban J connectivity index is 2.13. The Morgan fingerprint density at radius 3 is 2.56 bits per heavy atom. The van der Waals surface area contributed by atoms with Crippen molar-refractivity contribution in [2.45, 2.75) is 5.67 Å². The van der Waals surface area contributed by atoms with Crippen LogP contribution in [0, 0.1) is 12.5 Å². The van der Waals surface area contributed by atoms with E-state index in [1.54, 1.807) is 18.2 Å². The van der Waals surface area contributed by atoms with E-state index >= 15 is 4.39 Å². The number of halogens is 2. The zero-order chi connectivity index (χ0) is 12.6. The molecule has 0 saturated heterocycles. The average molecular weight is 278 g/mol. The van der Waals surface area contributed by atoms with Crippen LogP contribution >= 0.6 is 22.7 Å². The molecule has 0 aromatic carbocycles. The monoisotopic (exact) mass is 278 g/mol. The van der Waals surface area contributed by atoms with Gasteiger partial charge < -0.3 is 0 Å². The first-order chi connectivity index (χ1) is 8.70. The molecular weight excluding hydrogens is 270 g/mol. The molecular formula is C14H8F2S2. The molecule has 0 saturated carbocycles. The van der Waals surface area contributed by atoms with Crippen molar-refractivity contribution in [3.05, 3.63) is 69.2 Å². The van der Waals surface area contributed by atoms with Crippen molar-refractivity contribution in [2.75, 3.05) is 0 Å². The number of alkyl halides is 1. The van der Waals surface area contributed by atoms with Gasteiger partial charge in [-0.15, -0.1) is 22.7 Å². The molecule has 0 nitrogen and oxygen atoms in total. The van der Waals surface area contributed by atoms with Crippen molar-refractivity contribution in [1.29, 1.82) is 0 Å². The van der Waals surface area contributed by atoms with Crippen LogP contribution in [-0.4, -0.2) is 0 Å². The molecule has 1 aliphatic carbocycles. The van der Waals surface area contributed by atoms with Gasteiger partial charge >= 0.3 is 0 Å². The highest BCUT2D eigenvalue weighted by molar-refractivity contribution is 7.11. The third kappa shape index (κ3) is 1.85. The molecule has 0 N–H and O–H groups in total. The summed E-state index contributed by atoms with van der Waals surface area (Å²) in [5.41, 5.74) is -1.53. The average Bonchev–Trinajstić information content (AvgIpc) is 3.03. The van der Waals surface area contributed by atoms with E-state index in [9.17, 15) is 4.39 Å². The van der Waals surface area contributed by atoms with Gasteiger partial charge in [0, 0.05) is 27.8 Å². The van der Waals surface area contributed by atoms with Crippen LogP contribution in [0.5, 0.6) is 0 Å². The first-order valence-electron chi connectivity index (χ1n) is 5.33. The topological polar surface area (TPSA) is 0 Å². The van der Waals surface area contributed by atoms with E-state index in [2.05, 4.69) is 6.08 Å². The molecule has 2 aromatic heterocycles. The van der Waals surface area contributed by atoms with Crippen molar-refractivity contribution in [2.24, 2.45) is 0 Å². The zero-order valence-electron chi connectivity index (χ0n) is 9.19. The summed E-state index contributed by atoms with van der Waals surface area (Å²) in [6, 6.07) is 7.10. The van der Waals surface area contributed by atoms with Gasteiger partial charge in [0.15, 0.2) is 5.67 Å². The lowest BCUT2D eigenvalue weighted by Gasteiger charge is -2.27. The van der Waals surface area contributed by atoms with Crippen LogP contribution in [0.1, 0.15) is 9.75 Å². The summed E-state index contributed by atoms with van der Waals surface area (Å²) in [4.78, 5) is 1.24. The van der Waals surface area contributed by atoms with Crippen LogP contribution < -0.4 is 0 Å². The Bertz CT molecular complexity index is 594. The fourth-order valence-corrected chi connectivity index (χ4v) is 3.46. The standard InChI is InChI=1S/C14H8F2S2/c15-10-5-6-14(16,13-4-2-8-18-13)11(9-10)12-3-1-7-17-12/h1-8H. The molecule has 1 unspecified atom stereocenters. The van der Waals surface area contributed by atoms with E-state index < -0.39 is 11.5 Å². The second-order valence-electron chi connectivity index (χ2n) is 3.85. The molecule has 1 atom stereocenters. The molecule has 0 aliphatic heterocycles. The van der Waals surface area contributed by atoms with Crippen LogP contribution in [0.15, 0.2) is 46.9 Å². The third-order valence-corrected chi connectivity index (χ3v) is 4.58. The molecule has 1 aliphatic rings. The highest BCUT2D eigenvalue weighted by Gasteiger charge is 2.40. The van der Waals surface area contributed by atoms with Gasteiger partial charge in [-0.3, -0.25) is 0 Å². The largest absolute Gasteiger partial charge is 0.232 e. The van der Waals surface area contributed by atoms with E-state index in [1.807, 2.05) is 16.8 Å². The third-order valence-electron chi connectivity index (χ3n) is 2.71. The van der Waals surface area contributed by atoms with E-state index in [4.69, 9.17) is 0 Å². The second-order valence-corrected chi connectivity index (χ2v) is 5.74. The van der Waals surface area contributed by atoms with Crippen molar-refractivity contribution < 1.29 is 8.78 Å². The Morgan fingerprint density at radius 2 is 1.89 bits per heavy atom. The fraction of sp³-hybridized carbons (Fsp3) is 0.0714. The maximum absolute atomic E-state index is 15.2. The summed E-state index contributed by atoms with van der Waals surface area (Å²) >= 11 is 2.70. The molecule has 4 heteroatoms. The predicted octanol–water partition coefficient (Wildman–Crippen LogP) is 4.93. The van der Waals surface area contributed by atoms with Gasteiger partial charge in [-0.05, 0) is 29.0 Å². The molecule has 2 radical (unpaired) electrons. The maximum Gasteiger partial charge on any atom is 0.179 e. The summed E-state index contributed by atoms with van der Waals surface area (Å²) in [6.45, 7) is 0. The summed E-state index contributed by atoms with van der Waals surface area (Å²) in [5, 5.41) is 3.65. The van der Waals surface area contributed by atoms with E-state index in [-0.39, 0.29) is 5.57 Å². The summed E-state index contributed by atoms with van der Waals surface area (Å²) in [6.07, 6.45) is 4.92. The lowest BCUT2D eigenvalue weighted by Crippen LogP contribution is -2.23. The van der Waals surface area contributed by atoms with Crippen LogP contribution in [0.25, 0.3) is 5.57 Å². The molecule has 2 heterocycles. The fourth-order valence-electron chi connectivity index (χ4n) is 1.88. The van der Waals surface area contributed by atoms with Gasteiger partial charge in [0.2, 0.25) is 0 Å². The Kier molecular flexibility index (Phi) is 2.92. The van der Waals surface area contributed by atoms with Gasteiger partial charge in [-0.1, -0.05) is 12.1 Å². The summed E-state index contributed by atoms with van der Waals surface area (Å²) in [7, 11) is 0. The van der Waals surface area contributed by atoms with E-state index in [0.717, 1.165) is 6.08 Å². The van der Waals surface area contributed by atoms with Gasteiger partial charge in [0.1, 0.15) is 5.83 Å². The lowest BCUT2D eigenvalue weighted by atomic mass is 9.85. The normalized spacial score (nSPS) is 23.7. The van der Waals surface area contributed by atoms with Crippen molar-refractivity contribution in [3.63, 3.8) is 0 Å². The molecule has 18 heavy (non-hydrogen) atoms. The highest BCUT2D eigenvalue weighted by atomic mass is 32.1. The zero-order valence-corrected chi connectivity index (χ0v) is 10.8. The number of thiophene rings is 2. The quantitative estimate of drug-likeness (QED) is 0.730. The first-order valence-corrected chi connectivity index (χ1v) is 7.09. The van der Waals surface area contributed by atoms with Crippen LogP contribution in [0.4, 0.5) is 8.78 Å². The van der Waals surface area contributed by atoms with Crippen LogP contribution in [-0.2, 0) is 5.67 Å². The number of hydrogen-bond acceptors (Lipinski definition) is 2. The summed E-state index contributed by atoms with van der Waals surface area (Å²) in [5.74, 6) is -0.539. The molecule has 0 bridgehead atoms. The number of hydrogen-bond donors (Lipinski definition) is 0. The second kappa shape index (κ2) is 4.44. The SMILES string of the molecule is FC1=C[CH]C(F)(c2cccs2)C(c2cccs2)=[C]1. The Morgan fingerprint density at radius 1 is 1.11 bits per heavy atom. The van der Waals surface area contributed by atoms with Crippen molar-refractivity contribution >= 4 is 28.2 Å². The minimum absolute atomic E-state index is 0.250. The van der Waals surface area contributed by atoms with Crippen molar-refractivity contribution in [3.8, 4) is 0 Å². The maximum atomic E-state index is 15.2. The van der Waals surface area contributed by atoms with Gasteiger partial charge in [0.25, 0.3) is 0 Å². The molecule has 3 rings (SSSR count).